The lowest BCUT2D eigenvalue weighted by Gasteiger charge is -2.29. The number of nitrogens with zero attached hydrogens (tertiary/aromatic N) is 2. The molecule has 2 aromatic carbocycles. The van der Waals surface area contributed by atoms with E-state index in [0.717, 1.165) is 6.92 Å². The van der Waals surface area contributed by atoms with Gasteiger partial charge in [-0.1, -0.05) is 70.2 Å². The average Bonchev–Trinajstić information content (AvgIpc) is 3.91. The normalized spacial score (nSPS) is 14.9. The number of carbonyl (C=O) groups is 10. The summed E-state index contributed by atoms with van der Waals surface area (Å²) in [4.78, 5) is 146. The molecule has 0 saturated carbocycles. The second kappa shape index (κ2) is 32.3. The fraction of sp³-hybridized carbons (Fsp3) is 0.500. The summed E-state index contributed by atoms with van der Waals surface area (Å²) in [5.41, 5.74) is 23.5. The van der Waals surface area contributed by atoms with Gasteiger partial charge in [0.05, 0.1) is 24.9 Å². The van der Waals surface area contributed by atoms with Crippen molar-refractivity contribution in [1.29, 1.82) is 0 Å². The van der Waals surface area contributed by atoms with Crippen molar-refractivity contribution in [1.82, 2.24) is 52.5 Å². The highest BCUT2D eigenvalue weighted by Gasteiger charge is 2.37. The number of imidazole rings is 1. The van der Waals surface area contributed by atoms with Crippen LogP contribution in [0, 0.1) is 11.8 Å². The molecule has 3 rings (SSSR count). The van der Waals surface area contributed by atoms with Gasteiger partial charge in [0.1, 0.15) is 54.1 Å². The van der Waals surface area contributed by atoms with Crippen molar-refractivity contribution < 1.29 is 63.3 Å². The molecule has 3 aromatic rings. The highest BCUT2D eigenvalue weighted by Crippen LogP contribution is 2.14. The first-order valence-electron chi connectivity index (χ1n) is 25.9. The van der Waals surface area contributed by atoms with E-state index >= 15 is 0 Å². The number of hydrogen-bond donors (Lipinski definition) is 16. The number of aliphatic carboxylic acids is 1. The van der Waals surface area contributed by atoms with Crippen LogP contribution in [0.2, 0.25) is 0 Å². The van der Waals surface area contributed by atoms with E-state index in [1.807, 2.05) is 0 Å². The molecule has 0 radical (unpaired) electrons. The molecule has 28 heteroatoms. The number of carboxylic acids is 1. The number of hydrogen-bond acceptors (Lipinski definition) is 15. The van der Waals surface area contributed by atoms with Crippen LogP contribution in [0.15, 0.2) is 72.1 Å². The lowest BCUT2D eigenvalue weighted by atomic mass is 10.00. The number of benzene rings is 2. The van der Waals surface area contributed by atoms with E-state index in [1.54, 1.807) is 58.0 Å². The fourth-order valence-electron chi connectivity index (χ4n) is 7.91. The van der Waals surface area contributed by atoms with Crippen molar-refractivity contribution in [2.24, 2.45) is 39.8 Å². The first kappa shape index (κ1) is 65.6. The number of rotatable bonds is 33. The van der Waals surface area contributed by atoms with Crippen LogP contribution in [0.5, 0.6) is 5.75 Å². The number of phenols is 1. The number of aliphatic hydroxyl groups is 1. The second-order valence-corrected chi connectivity index (χ2v) is 20.0. The summed E-state index contributed by atoms with van der Waals surface area (Å²) < 4.78 is 0. The van der Waals surface area contributed by atoms with Crippen molar-refractivity contribution in [2.75, 3.05) is 6.54 Å². The van der Waals surface area contributed by atoms with E-state index in [0.29, 0.717) is 23.2 Å². The van der Waals surface area contributed by atoms with Crippen LogP contribution in [0.25, 0.3) is 0 Å². The van der Waals surface area contributed by atoms with E-state index < -0.39 is 132 Å². The fourth-order valence-corrected chi connectivity index (χ4v) is 7.91. The number of aromatic hydroxyl groups is 1. The van der Waals surface area contributed by atoms with Gasteiger partial charge in [0.2, 0.25) is 53.2 Å². The van der Waals surface area contributed by atoms with Gasteiger partial charge in [-0.05, 0) is 68.2 Å². The Balaban J connectivity index is 1.83. The first-order valence-corrected chi connectivity index (χ1v) is 25.9. The molecule has 0 bridgehead atoms. The predicted molar refractivity (Wildman–Crippen MR) is 291 cm³/mol. The maximum absolute atomic E-state index is 14.4. The summed E-state index contributed by atoms with van der Waals surface area (Å²) in [6.45, 7) is 9.42. The van der Waals surface area contributed by atoms with Crippen LogP contribution in [0.4, 0.5) is 0 Å². The number of nitrogens with two attached hydrogens (primary N) is 4. The Hall–Kier alpha value is -8.66. The van der Waals surface area contributed by atoms with Crippen molar-refractivity contribution in [3.05, 3.63) is 83.9 Å². The van der Waals surface area contributed by atoms with E-state index in [-0.39, 0.29) is 56.3 Å². The molecule has 1 aromatic heterocycles. The number of carbonyl (C=O) groups excluding carboxylic acids is 9. The molecule has 9 amide bonds. The van der Waals surface area contributed by atoms with E-state index in [4.69, 9.17) is 22.9 Å². The van der Waals surface area contributed by atoms with Gasteiger partial charge in [-0.3, -0.25) is 48.1 Å². The maximum Gasteiger partial charge on any atom is 0.326 e. The summed E-state index contributed by atoms with van der Waals surface area (Å²) in [5.74, 6) is -10.8. The minimum absolute atomic E-state index is 0.0471. The maximum atomic E-state index is 14.4. The molecular formula is C52H77N15O13. The van der Waals surface area contributed by atoms with Gasteiger partial charge in [0, 0.05) is 37.7 Å². The number of primary amides is 1. The zero-order chi connectivity index (χ0) is 59.8. The zero-order valence-corrected chi connectivity index (χ0v) is 45.6. The number of phenolic OH excluding ortho intramolecular Hbond substituents is 1. The van der Waals surface area contributed by atoms with Gasteiger partial charge in [0.25, 0.3) is 0 Å². The molecule has 1 heterocycles. The summed E-state index contributed by atoms with van der Waals surface area (Å²) in [6.07, 6.45) is 0.275. The predicted octanol–water partition coefficient (Wildman–Crippen LogP) is -3.53. The van der Waals surface area contributed by atoms with Crippen LogP contribution in [0.3, 0.4) is 0 Å². The Morgan fingerprint density at radius 1 is 0.600 bits per heavy atom. The molecule has 80 heavy (non-hydrogen) atoms. The van der Waals surface area contributed by atoms with Gasteiger partial charge in [-0.25, -0.2) is 9.78 Å². The van der Waals surface area contributed by atoms with Gasteiger partial charge in [-0.2, -0.15) is 0 Å². The van der Waals surface area contributed by atoms with Crippen LogP contribution in [-0.4, -0.2) is 157 Å². The molecule has 0 aliphatic heterocycles. The lowest BCUT2D eigenvalue weighted by molar-refractivity contribution is -0.142. The molecule has 0 spiro atoms. The number of carboxylic acid groups (broad SMARTS) is 1. The largest absolute Gasteiger partial charge is 0.508 e. The SMILES string of the molecule is CC(C)C[C@H](NC(=O)[C@@H](N)CCCN=C(N)N)C(=O)N[C@@H](C)C(=O)N[C@@H](CC(N)=O)C(=O)N[C@H](C(=O)N[C@@H](Cc1ccccc1)C(=O)N[C@@H](Cc1cnc[nH]1)C(=O)N[C@H](C(=O)N[C@@H](Cc1ccc(O)cc1)C(=O)O)C(C)C)[C@@H](C)O. The van der Waals surface area contributed by atoms with Gasteiger partial charge >= 0.3 is 5.97 Å². The van der Waals surface area contributed by atoms with E-state index in [9.17, 15) is 63.3 Å². The summed E-state index contributed by atoms with van der Waals surface area (Å²) in [6, 6.07) is 1.01. The van der Waals surface area contributed by atoms with Crippen LogP contribution in [0.1, 0.15) is 84.0 Å². The molecule has 0 saturated heterocycles. The quantitative estimate of drug-likeness (QED) is 0.0160. The Bertz CT molecular complexity index is 2600. The van der Waals surface area contributed by atoms with Gasteiger partial charge in [-0.15, -0.1) is 0 Å². The summed E-state index contributed by atoms with van der Waals surface area (Å²) >= 11 is 0. The highest BCUT2D eigenvalue weighted by atomic mass is 16.4. The standard InChI is InChI=1S/C52H77N15O13/c1-26(2)19-35(62-44(72)34(53)13-10-18-58-52(55)56)45(73)60-28(5)43(71)61-38(23-40(54)70)48(76)67-42(29(6)68)50(78)64-36(20-30-11-8-7-9-12-30)46(74)63-37(22-32-24-57-25-59-32)47(75)66-41(27(3)4)49(77)65-39(51(79)80)21-31-14-16-33(69)17-15-31/h7-9,11-12,14-17,24-29,34-39,41-42,68-69H,10,13,18-23,53H2,1-6H3,(H2,54,70)(H,57,59)(H,60,73)(H,61,71)(H,62,72)(H,63,74)(H,64,78)(H,65,77)(H,66,75)(H,67,76)(H,79,80)(H4,55,56,58)/t28-,29+,34-,35-,36-,37-,38-,39-,41-,42-/m0/s1. The number of aliphatic hydroxyl groups excluding tert-OH is 1. The van der Waals surface area contributed by atoms with Crippen molar-refractivity contribution in [2.45, 2.75) is 147 Å². The third-order valence-corrected chi connectivity index (χ3v) is 12.3. The van der Waals surface area contributed by atoms with E-state index in [1.165, 1.54) is 43.7 Å². The van der Waals surface area contributed by atoms with Gasteiger partial charge in [0.15, 0.2) is 5.96 Å². The summed E-state index contributed by atoms with van der Waals surface area (Å²) in [7, 11) is 0. The highest BCUT2D eigenvalue weighted by molar-refractivity contribution is 5.99. The van der Waals surface area contributed by atoms with Crippen molar-refractivity contribution in [3.63, 3.8) is 0 Å². The number of aliphatic imine (C=N–C) groups is 1. The number of amides is 9. The monoisotopic (exact) mass is 1120 g/mol. The number of aromatic amines is 1. The number of aromatic nitrogens is 2. The van der Waals surface area contributed by atoms with Crippen LogP contribution in [-0.2, 0) is 67.2 Å². The van der Waals surface area contributed by atoms with Gasteiger partial charge < -0.3 is 85.8 Å². The molecule has 10 atom stereocenters. The van der Waals surface area contributed by atoms with Crippen molar-refractivity contribution >= 4 is 65.1 Å². The first-order chi connectivity index (χ1) is 37.6. The Morgan fingerprint density at radius 2 is 1.11 bits per heavy atom. The number of nitrogens with one attached hydrogen (secondary N) is 9. The molecule has 0 fully saturated rings. The molecule has 0 aliphatic carbocycles. The number of H-pyrrole nitrogens is 1. The third kappa shape index (κ3) is 22.7. The minimum atomic E-state index is -1.87. The molecule has 28 nitrogen and oxygen atoms in total. The smallest absolute Gasteiger partial charge is 0.326 e. The second-order valence-electron chi connectivity index (χ2n) is 20.0. The zero-order valence-electron chi connectivity index (χ0n) is 45.6. The summed E-state index contributed by atoms with van der Waals surface area (Å²) in [5, 5.41) is 50.5. The van der Waals surface area contributed by atoms with Crippen molar-refractivity contribution in [3.8, 4) is 5.75 Å². The average molecular weight is 1120 g/mol. The Labute approximate surface area is 462 Å². The molecule has 438 valence electrons. The third-order valence-electron chi connectivity index (χ3n) is 12.3. The molecule has 0 unspecified atom stereocenters. The molecular weight excluding hydrogens is 1040 g/mol. The van der Waals surface area contributed by atoms with Crippen LogP contribution < -0.4 is 65.5 Å². The lowest BCUT2D eigenvalue weighted by Crippen LogP contribution is -2.62. The Kier molecular flexibility index (Phi) is 26.5. The number of guanidine groups is 1. The molecule has 0 aliphatic rings. The topological polar surface area (TPSA) is 473 Å². The van der Waals surface area contributed by atoms with Crippen LogP contribution >= 0.6 is 0 Å². The van der Waals surface area contributed by atoms with E-state index in [2.05, 4.69) is 57.5 Å². The molecule has 20 N–H and O–H groups in total. The minimum Gasteiger partial charge on any atom is -0.508 e. The Morgan fingerprint density at radius 3 is 1.68 bits per heavy atom.